The normalized spacial score (nSPS) is 12.4. The van der Waals surface area contributed by atoms with Crippen LogP contribution in [0.1, 0.15) is 23.3 Å². The monoisotopic (exact) mass is 260 g/mol. The van der Waals surface area contributed by atoms with Crippen molar-refractivity contribution in [3.05, 3.63) is 36.0 Å². The molecule has 0 spiro atoms. The molecule has 1 aromatic carbocycles. The van der Waals surface area contributed by atoms with E-state index >= 15 is 0 Å². The molecule has 0 aliphatic heterocycles. The second-order valence-corrected chi connectivity index (χ2v) is 4.68. The van der Waals surface area contributed by atoms with Crippen molar-refractivity contribution in [2.45, 2.75) is 13.0 Å². The summed E-state index contributed by atoms with van der Waals surface area (Å²) >= 11 is 0. The summed E-state index contributed by atoms with van der Waals surface area (Å²) in [6.07, 6.45) is 1.75. The van der Waals surface area contributed by atoms with Crippen LogP contribution in [0.15, 0.2) is 30.5 Å². The Labute approximate surface area is 111 Å². The predicted octanol–water partition coefficient (Wildman–Crippen LogP) is 1.99. The lowest BCUT2D eigenvalue weighted by atomic mass is 10.1. The fourth-order valence-electron chi connectivity index (χ4n) is 2.21. The third-order valence-corrected chi connectivity index (χ3v) is 3.19. The lowest BCUT2D eigenvalue weighted by molar-refractivity contribution is -0.131. The Bertz CT molecular complexity index is 643. The summed E-state index contributed by atoms with van der Waals surface area (Å²) in [6, 6.07) is 6.47. The number of carbonyl (C=O) groups is 2. The fraction of sp³-hybridized carbons (Fsp3) is 0.286. The van der Waals surface area contributed by atoms with Crippen LogP contribution in [0.4, 0.5) is 0 Å². The van der Waals surface area contributed by atoms with Gasteiger partial charge in [-0.15, -0.1) is 0 Å². The smallest absolute Gasteiger partial charge is 0.337 e. The first kappa shape index (κ1) is 13.1. The first-order chi connectivity index (χ1) is 8.93. The number of hydrogen-bond donors (Lipinski definition) is 1. The van der Waals surface area contributed by atoms with E-state index in [1.807, 2.05) is 12.1 Å². The minimum absolute atomic E-state index is 0.0716. The first-order valence-corrected chi connectivity index (χ1v) is 5.97. The summed E-state index contributed by atoms with van der Waals surface area (Å²) in [4.78, 5) is 24.8. The lowest BCUT2D eigenvalue weighted by Gasteiger charge is -2.19. The molecule has 0 aliphatic carbocycles. The Morgan fingerprint density at radius 3 is 2.53 bits per heavy atom. The summed E-state index contributed by atoms with van der Waals surface area (Å²) in [5.74, 6) is -1.06. The molecule has 0 saturated heterocycles. The highest BCUT2D eigenvalue weighted by Crippen LogP contribution is 2.24. The van der Waals surface area contributed by atoms with E-state index in [9.17, 15) is 14.7 Å². The van der Waals surface area contributed by atoms with Gasteiger partial charge in [-0.2, -0.15) is 0 Å². The van der Waals surface area contributed by atoms with Crippen LogP contribution < -0.4 is 0 Å². The van der Waals surface area contributed by atoms with Gasteiger partial charge < -0.3 is 14.6 Å². The molecule has 1 atom stereocenters. The van der Waals surface area contributed by atoms with Crippen molar-refractivity contribution in [2.24, 2.45) is 0 Å². The number of rotatable bonds is 3. The maximum Gasteiger partial charge on any atom is 0.337 e. The molecule has 0 saturated carbocycles. The van der Waals surface area contributed by atoms with Crippen LogP contribution in [-0.4, -0.2) is 40.5 Å². The molecular formula is C14H16N2O3. The van der Waals surface area contributed by atoms with Gasteiger partial charge in [-0.25, -0.2) is 4.79 Å². The molecule has 1 unspecified atom stereocenters. The first-order valence-electron chi connectivity index (χ1n) is 5.97. The minimum Gasteiger partial charge on any atom is -0.478 e. The van der Waals surface area contributed by atoms with E-state index in [4.69, 9.17) is 0 Å². The van der Waals surface area contributed by atoms with Gasteiger partial charge in [0, 0.05) is 25.7 Å². The number of carboxylic acid groups (broad SMARTS) is 1. The molecule has 5 heteroatoms. The van der Waals surface area contributed by atoms with Crippen LogP contribution >= 0.6 is 0 Å². The molecule has 1 heterocycles. The van der Waals surface area contributed by atoms with Crippen molar-refractivity contribution >= 4 is 22.8 Å². The van der Waals surface area contributed by atoms with E-state index in [1.54, 1.807) is 43.9 Å². The van der Waals surface area contributed by atoms with Crippen molar-refractivity contribution in [1.82, 2.24) is 9.47 Å². The van der Waals surface area contributed by atoms with Crippen LogP contribution in [-0.2, 0) is 4.79 Å². The molecule has 0 fully saturated rings. The van der Waals surface area contributed by atoms with Gasteiger partial charge in [-0.1, -0.05) is 12.1 Å². The van der Waals surface area contributed by atoms with Gasteiger partial charge in [0.1, 0.15) is 6.04 Å². The predicted molar refractivity (Wildman–Crippen MR) is 72.3 cm³/mol. The van der Waals surface area contributed by atoms with Crippen LogP contribution in [0, 0.1) is 0 Å². The third kappa shape index (κ3) is 2.19. The average molecular weight is 260 g/mol. The molecule has 2 rings (SSSR count). The standard InChI is InChI=1S/C14H16N2O3/c1-9(13(17)15(2)3)16-8-7-10-5-4-6-11(12(10)16)14(18)19/h4-9H,1-3H3,(H,18,19). The largest absolute Gasteiger partial charge is 0.478 e. The highest BCUT2D eigenvalue weighted by atomic mass is 16.4. The zero-order valence-corrected chi connectivity index (χ0v) is 11.1. The second-order valence-electron chi connectivity index (χ2n) is 4.68. The number of hydrogen-bond acceptors (Lipinski definition) is 2. The Kier molecular flexibility index (Phi) is 3.29. The van der Waals surface area contributed by atoms with E-state index in [1.165, 1.54) is 4.90 Å². The van der Waals surface area contributed by atoms with E-state index in [0.717, 1.165) is 5.39 Å². The SMILES string of the molecule is CC(C(=O)N(C)C)n1ccc2cccc(C(=O)O)c21. The number of carbonyl (C=O) groups excluding carboxylic acids is 1. The van der Waals surface area contributed by atoms with E-state index in [2.05, 4.69) is 0 Å². The number of nitrogens with zero attached hydrogens (tertiary/aromatic N) is 2. The molecule has 5 nitrogen and oxygen atoms in total. The summed E-state index contributed by atoms with van der Waals surface area (Å²) in [5, 5.41) is 10.1. The van der Waals surface area contributed by atoms with Crippen LogP contribution in [0.25, 0.3) is 10.9 Å². The van der Waals surface area contributed by atoms with Crippen LogP contribution in [0.2, 0.25) is 0 Å². The maximum absolute atomic E-state index is 12.0. The summed E-state index contributed by atoms with van der Waals surface area (Å²) in [7, 11) is 3.37. The molecule has 2 aromatic rings. The zero-order valence-electron chi connectivity index (χ0n) is 11.1. The van der Waals surface area contributed by atoms with Gasteiger partial charge >= 0.3 is 5.97 Å². The van der Waals surface area contributed by atoms with E-state index < -0.39 is 12.0 Å². The molecule has 0 bridgehead atoms. The van der Waals surface area contributed by atoms with Gasteiger partial charge in [-0.05, 0) is 19.1 Å². The minimum atomic E-state index is -0.991. The van der Waals surface area contributed by atoms with Gasteiger partial charge in [0.15, 0.2) is 0 Å². The Balaban J connectivity index is 2.62. The maximum atomic E-state index is 12.0. The molecule has 0 aliphatic rings. The molecule has 1 N–H and O–H groups in total. The Hall–Kier alpha value is -2.30. The van der Waals surface area contributed by atoms with Crippen molar-refractivity contribution in [1.29, 1.82) is 0 Å². The lowest BCUT2D eigenvalue weighted by Crippen LogP contribution is -2.29. The van der Waals surface area contributed by atoms with Crippen molar-refractivity contribution in [3.63, 3.8) is 0 Å². The number of carboxylic acids is 1. The van der Waals surface area contributed by atoms with Crippen molar-refractivity contribution < 1.29 is 14.7 Å². The number of para-hydroxylation sites is 1. The van der Waals surface area contributed by atoms with Gasteiger partial charge in [0.2, 0.25) is 5.91 Å². The molecule has 100 valence electrons. The number of aromatic nitrogens is 1. The van der Waals surface area contributed by atoms with Crippen LogP contribution in [0.5, 0.6) is 0 Å². The summed E-state index contributed by atoms with van der Waals surface area (Å²) in [5.41, 5.74) is 0.790. The quantitative estimate of drug-likeness (QED) is 0.918. The van der Waals surface area contributed by atoms with Gasteiger partial charge in [0.25, 0.3) is 0 Å². The number of amides is 1. The number of likely N-dealkylation sites (N-methyl/N-ethyl adjacent to an activating group) is 1. The molecule has 19 heavy (non-hydrogen) atoms. The third-order valence-electron chi connectivity index (χ3n) is 3.19. The molecule has 1 aromatic heterocycles. The number of benzene rings is 1. The Morgan fingerprint density at radius 2 is 1.95 bits per heavy atom. The summed E-state index contributed by atoms with van der Waals surface area (Å²) < 4.78 is 1.71. The molecule has 1 amide bonds. The van der Waals surface area contributed by atoms with Gasteiger partial charge in [0.05, 0.1) is 11.1 Å². The highest BCUT2D eigenvalue weighted by molar-refractivity contribution is 6.02. The van der Waals surface area contributed by atoms with Gasteiger partial charge in [-0.3, -0.25) is 4.79 Å². The van der Waals surface area contributed by atoms with Crippen molar-refractivity contribution in [2.75, 3.05) is 14.1 Å². The van der Waals surface area contributed by atoms with E-state index in [-0.39, 0.29) is 11.5 Å². The molecular weight excluding hydrogens is 244 g/mol. The average Bonchev–Trinajstić information content (AvgIpc) is 2.80. The fourth-order valence-corrected chi connectivity index (χ4v) is 2.21. The summed E-state index contributed by atoms with van der Waals surface area (Å²) in [6.45, 7) is 1.76. The highest BCUT2D eigenvalue weighted by Gasteiger charge is 2.21. The topological polar surface area (TPSA) is 62.5 Å². The van der Waals surface area contributed by atoms with Crippen molar-refractivity contribution in [3.8, 4) is 0 Å². The number of fused-ring (bicyclic) bond motifs is 1. The van der Waals surface area contributed by atoms with E-state index in [0.29, 0.717) is 5.52 Å². The van der Waals surface area contributed by atoms with Crippen LogP contribution in [0.3, 0.4) is 0 Å². The Morgan fingerprint density at radius 1 is 1.26 bits per heavy atom. The zero-order chi connectivity index (χ0) is 14.2. The molecule has 0 radical (unpaired) electrons. The number of aromatic carboxylic acids is 1. The second kappa shape index (κ2) is 4.76.